The number of esters is 2. The van der Waals surface area contributed by atoms with E-state index in [9.17, 15) is 9.59 Å². The molecule has 1 atom stereocenters. The molecule has 0 spiro atoms. The number of hydrogen-bond donors (Lipinski definition) is 1. The van der Waals surface area contributed by atoms with Crippen LogP contribution < -0.4 is 5.73 Å². The number of ether oxygens (including phenoxy) is 2. The van der Waals surface area contributed by atoms with Crippen molar-refractivity contribution in [3.05, 3.63) is 0 Å². The zero-order valence-electron chi connectivity index (χ0n) is 8.20. The molecule has 0 bridgehead atoms. The molecule has 0 aliphatic rings. The SMILES string of the molecule is C#C[C@](N)(CCC(=O)OC)C(=O)OC. The van der Waals surface area contributed by atoms with Gasteiger partial charge in [-0.2, -0.15) is 0 Å². The Hall–Kier alpha value is -1.54. The highest BCUT2D eigenvalue weighted by atomic mass is 16.5. The molecule has 0 fully saturated rings. The predicted molar refractivity (Wildman–Crippen MR) is 49.0 cm³/mol. The molecule has 78 valence electrons. The second-order valence-electron chi connectivity index (χ2n) is 2.68. The fourth-order valence-corrected chi connectivity index (χ4v) is 0.817. The highest BCUT2D eigenvalue weighted by molar-refractivity contribution is 5.85. The van der Waals surface area contributed by atoms with Gasteiger partial charge in [0.05, 0.1) is 14.2 Å². The molecular weight excluding hydrogens is 186 g/mol. The Morgan fingerprint density at radius 2 is 2.00 bits per heavy atom. The van der Waals surface area contributed by atoms with Crippen LogP contribution in [0.25, 0.3) is 0 Å². The standard InChI is InChI=1S/C9H13NO4/c1-4-9(10,8(12)14-3)6-5-7(11)13-2/h1H,5-6,10H2,2-3H3/t9-/m0/s1. The summed E-state index contributed by atoms with van der Waals surface area (Å²) in [7, 11) is 2.42. The third-order valence-corrected chi connectivity index (χ3v) is 1.76. The lowest BCUT2D eigenvalue weighted by atomic mass is 9.96. The maximum Gasteiger partial charge on any atom is 0.338 e. The molecule has 2 N–H and O–H groups in total. The van der Waals surface area contributed by atoms with E-state index in [1.54, 1.807) is 0 Å². The van der Waals surface area contributed by atoms with E-state index in [0.717, 1.165) is 0 Å². The summed E-state index contributed by atoms with van der Waals surface area (Å²) in [5.41, 5.74) is 3.98. The Morgan fingerprint density at radius 1 is 1.43 bits per heavy atom. The van der Waals surface area contributed by atoms with E-state index in [-0.39, 0.29) is 12.8 Å². The second kappa shape index (κ2) is 5.25. The molecule has 0 aromatic heterocycles. The van der Waals surface area contributed by atoms with Crippen molar-refractivity contribution >= 4 is 11.9 Å². The Kier molecular flexibility index (Phi) is 4.67. The molecular formula is C9H13NO4. The van der Waals surface area contributed by atoms with Crippen molar-refractivity contribution in [2.24, 2.45) is 5.73 Å². The number of rotatable bonds is 4. The van der Waals surface area contributed by atoms with Crippen molar-refractivity contribution in [3.8, 4) is 12.3 Å². The number of carbonyl (C=O) groups excluding carboxylic acids is 2. The molecule has 0 rings (SSSR count). The fraction of sp³-hybridized carbons (Fsp3) is 0.556. The van der Waals surface area contributed by atoms with Crippen molar-refractivity contribution < 1.29 is 19.1 Å². The molecule has 0 aromatic carbocycles. The van der Waals surface area contributed by atoms with Gasteiger partial charge in [-0.25, -0.2) is 4.79 Å². The molecule has 5 nitrogen and oxygen atoms in total. The molecule has 0 aromatic rings. The van der Waals surface area contributed by atoms with Crippen LogP contribution in [0.3, 0.4) is 0 Å². The Morgan fingerprint density at radius 3 is 2.36 bits per heavy atom. The van der Waals surface area contributed by atoms with Crippen LogP contribution >= 0.6 is 0 Å². The summed E-state index contributed by atoms with van der Waals surface area (Å²) in [6, 6.07) is 0. The van der Waals surface area contributed by atoms with Crippen LogP contribution in [0.15, 0.2) is 0 Å². The monoisotopic (exact) mass is 199 g/mol. The zero-order valence-corrected chi connectivity index (χ0v) is 8.20. The maximum atomic E-state index is 11.1. The highest BCUT2D eigenvalue weighted by Gasteiger charge is 2.33. The van der Waals surface area contributed by atoms with Crippen molar-refractivity contribution in [2.45, 2.75) is 18.4 Å². The van der Waals surface area contributed by atoms with Crippen LogP contribution in [0.2, 0.25) is 0 Å². The molecule has 5 heteroatoms. The minimum atomic E-state index is -1.55. The van der Waals surface area contributed by atoms with Gasteiger partial charge in [0, 0.05) is 6.42 Å². The summed E-state index contributed by atoms with van der Waals surface area (Å²) in [4.78, 5) is 21.9. The summed E-state index contributed by atoms with van der Waals surface area (Å²) in [5.74, 6) is 0.898. The lowest BCUT2D eigenvalue weighted by Gasteiger charge is -2.19. The molecule has 0 aliphatic heterocycles. The first kappa shape index (κ1) is 12.5. The van der Waals surface area contributed by atoms with Gasteiger partial charge in [-0.05, 0) is 6.42 Å². The van der Waals surface area contributed by atoms with E-state index in [0.29, 0.717) is 0 Å². The normalized spacial score (nSPS) is 13.6. The van der Waals surface area contributed by atoms with E-state index in [2.05, 4.69) is 15.4 Å². The van der Waals surface area contributed by atoms with Crippen molar-refractivity contribution in [2.75, 3.05) is 14.2 Å². The first-order valence-corrected chi connectivity index (χ1v) is 3.92. The van der Waals surface area contributed by atoms with E-state index < -0.39 is 17.5 Å². The van der Waals surface area contributed by atoms with Crippen LogP contribution in [0.4, 0.5) is 0 Å². The summed E-state index contributed by atoms with van der Waals surface area (Å²) in [6.45, 7) is 0. The molecule has 0 heterocycles. The summed E-state index contributed by atoms with van der Waals surface area (Å²) in [6.07, 6.45) is 5.06. The van der Waals surface area contributed by atoms with Gasteiger partial charge in [0.1, 0.15) is 0 Å². The van der Waals surface area contributed by atoms with Crippen molar-refractivity contribution in [1.82, 2.24) is 0 Å². The Bertz CT molecular complexity index is 268. The summed E-state index contributed by atoms with van der Waals surface area (Å²) >= 11 is 0. The zero-order chi connectivity index (χ0) is 11.2. The van der Waals surface area contributed by atoms with Crippen LogP contribution in [0.1, 0.15) is 12.8 Å². The number of nitrogens with two attached hydrogens (primary N) is 1. The van der Waals surface area contributed by atoms with Gasteiger partial charge in [0.25, 0.3) is 0 Å². The highest BCUT2D eigenvalue weighted by Crippen LogP contribution is 2.11. The summed E-state index contributed by atoms with van der Waals surface area (Å²) < 4.78 is 8.80. The van der Waals surface area contributed by atoms with E-state index >= 15 is 0 Å². The van der Waals surface area contributed by atoms with Crippen molar-refractivity contribution in [1.29, 1.82) is 0 Å². The lowest BCUT2D eigenvalue weighted by Crippen LogP contribution is -2.47. The smallest absolute Gasteiger partial charge is 0.338 e. The van der Waals surface area contributed by atoms with Crippen LogP contribution in [0.5, 0.6) is 0 Å². The first-order valence-electron chi connectivity index (χ1n) is 3.92. The number of terminal acetylenes is 1. The van der Waals surface area contributed by atoms with Gasteiger partial charge < -0.3 is 15.2 Å². The number of carbonyl (C=O) groups is 2. The number of hydrogen-bond acceptors (Lipinski definition) is 5. The van der Waals surface area contributed by atoms with Gasteiger partial charge >= 0.3 is 11.9 Å². The lowest BCUT2D eigenvalue weighted by molar-refractivity contribution is -0.146. The molecule has 0 unspecified atom stereocenters. The Balaban J connectivity index is 4.36. The third-order valence-electron chi connectivity index (χ3n) is 1.76. The fourth-order valence-electron chi connectivity index (χ4n) is 0.817. The average Bonchev–Trinajstić information content (AvgIpc) is 2.23. The van der Waals surface area contributed by atoms with Crippen LogP contribution in [-0.4, -0.2) is 31.7 Å². The van der Waals surface area contributed by atoms with Crippen molar-refractivity contribution in [3.63, 3.8) is 0 Å². The third kappa shape index (κ3) is 3.07. The molecule has 0 saturated heterocycles. The van der Waals surface area contributed by atoms with Gasteiger partial charge in [-0.15, -0.1) is 6.42 Å². The first-order chi connectivity index (χ1) is 6.50. The molecule has 14 heavy (non-hydrogen) atoms. The van der Waals surface area contributed by atoms with Gasteiger partial charge in [-0.3, -0.25) is 4.79 Å². The molecule has 0 aliphatic carbocycles. The predicted octanol–water partition coefficient (Wildman–Crippen LogP) is -0.557. The maximum absolute atomic E-state index is 11.1. The van der Waals surface area contributed by atoms with Gasteiger partial charge in [0.15, 0.2) is 5.54 Å². The molecule has 0 radical (unpaired) electrons. The van der Waals surface area contributed by atoms with Gasteiger partial charge in [-0.1, -0.05) is 5.92 Å². The Labute approximate surface area is 82.5 Å². The van der Waals surface area contributed by atoms with E-state index in [1.807, 2.05) is 0 Å². The average molecular weight is 199 g/mol. The molecule has 0 saturated carbocycles. The van der Waals surface area contributed by atoms with Crippen LogP contribution in [0, 0.1) is 12.3 Å². The number of methoxy groups -OCH3 is 2. The quantitative estimate of drug-likeness (QED) is 0.485. The topological polar surface area (TPSA) is 78.6 Å². The van der Waals surface area contributed by atoms with E-state index in [1.165, 1.54) is 14.2 Å². The van der Waals surface area contributed by atoms with E-state index in [4.69, 9.17) is 12.2 Å². The minimum absolute atomic E-state index is 0.00282. The van der Waals surface area contributed by atoms with Gasteiger partial charge in [0.2, 0.25) is 0 Å². The summed E-state index contributed by atoms with van der Waals surface area (Å²) in [5, 5.41) is 0. The van der Waals surface area contributed by atoms with Crippen LogP contribution in [-0.2, 0) is 19.1 Å². The largest absolute Gasteiger partial charge is 0.469 e. The second-order valence-corrected chi connectivity index (χ2v) is 2.68. The molecule has 0 amide bonds. The minimum Gasteiger partial charge on any atom is -0.469 e.